The Labute approximate surface area is 120 Å². The van der Waals surface area contributed by atoms with Crippen LogP contribution in [0.4, 0.5) is 0 Å². The Kier molecular flexibility index (Phi) is 4.50. The molecule has 0 aliphatic heterocycles. The number of aliphatic hydroxyl groups excluding tert-OH is 1. The molecular formula is C14H15BrN2O2. The first kappa shape index (κ1) is 14.0. The fourth-order valence-corrected chi connectivity index (χ4v) is 1.93. The Morgan fingerprint density at radius 3 is 2.79 bits per heavy atom. The van der Waals surface area contributed by atoms with Crippen molar-refractivity contribution in [3.8, 4) is 11.5 Å². The first-order valence-electron chi connectivity index (χ1n) is 6.00. The molecule has 0 bridgehead atoms. The van der Waals surface area contributed by atoms with Gasteiger partial charge in [-0.1, -0.05) is 35.8 Å². The maximum atomic E-state index is 9.38. The molecule has 5 heteroatoms. The van der Waals surface area contributed by atoms with Crippen molar-refractivity contribution in [3.05, 3.63) is 46.5 Å². The summed E-state index contributed by atoms with van der Waals surface area (Å²) < 4.78 is 6.63. The van der Waals surface area contributed by atoms with E-state index in [1.54, 1.807) is 6.20 Å². The third kappa shape index (κ3) is 3.52. The first-order chi connectivity index (χ1) is 9.10. The lowest BCUT2D eigenvalue weighted by atomic mass is 10.2. The van der Waals surface area contributed by atoms with E-state index in [9.17, 15) is 5.11 Å². The minimum Gasteiger partial charge on any atom is -0.454 e. The van der Waals surface area contributed by atoms with Crippen molar-refractivity contribution >= 4 is 15.9 Å². The van der Waals surface area contributed by atoms with Gasteiger partial charge in [0.15, 0.2) is 5.75 Å². The summed E-state index contributed by atoms with van der Waals surface area (Å²) in [6.45, 7) is 3.84. The van der Waals surface area contributed by atoms with Gasteiger partial charge in [0, 0.05) is 10.4 Å². The van der Waals surface area contributed by atoms with Crippen LogP contribution >= 0.6 is 15.9 Å². The number of halogens is 1. The van der Waals surface area contributed by atoms with E-state index >= 15 is 0 Å². The topological polar surface area (TPSA) is 55.2 Å². The predicted octanol–water partition coefficient (Wildman–Crippen LogP) is 3.65. The number of aliphatic hydroxyl groups is 1. The second-order valence-corrected chi connectivity index (χ2v) is 5.33. The van der Waals surface area contributed by atoms with Crippen molar-refractivity contribution in [2.45, 2.75) is 26.4 Å². The Hall–Kier alpha value is -1.46. The summed E-state index contributed by atoms with van der Waals surface area (Å²) in [5, 5.41) is 9.38. The molecule has 1 heterocycles. The zero-order valence-corrected chi connectivity index (χ0v) is 12.4. The molecule has 1 N–H and O–H groups in total. The van der Waals surface area contributed by atoms with Crippen LogP contribution in [0.2, 0.25) is 0 Å². The molecule has 0 spiro atoms. The van der Waals surface area contributed by atoms with Crippen molar-refractivity contribution in [3.63, 3.8) is 0 Å². The molecule has 0 saturated carbocycles. The van der Waals surface area contributed by atoms with Gasteiger partial charge in [-0.25, -0.2) is 9.97 Å². The third-order valence-corrected chi connectivity index (χ3v) is 3.03. The SMILES string of the molecule is CC(C)c1ncc(Oc2cccc(Br)c2)c(CO)n1. The van der Waals surface area contributed by atoms with Crippen LogP contribution in [-0.2, 0) is 6.61 Å². The van der Waals surface area contributed by atoms with Gasteiger partial charge in [0.05, 0.1) is 12.8 Å². The van der Waals surface area contributed by atoms with Gasteiger partial charge in [-0.2, -0.15) is 0 Å². The quantitative estimate of drug-likeness (QED) is 0.933. The van der Waals surface area contributed by atoms with E-state index in [1.807, 2.05) is 38.1 Å². The Bertz CT molecular complexity index is 573. The fourth-order valence-electron chi connectivity index (χ4n) is 1.56. The fraction of sp³-hybridized carbons (Fsp3) is 0.286. The summed E-state index contributed by atoms with van der Waals surface area (Å²) in [5.41, 5.74) is 0.499. The Morgan fingerprint density at radius 2 is 2.16 bits per heavy atom. The van der Waals surface area contributed by atoms with E-state index < -0.39 is 0 Å². The van der Waals surface area contributed by atoms with Gasteiger partial charge in [-0.3, -0.25) is 0 Å². The lowest BCUT2D eigenvalue weighted by molar-refractivity contribution is 0.270. The van der Waals surface area contributed by atoms with Crippen LogP contribution in [0.25, 0.3) is 0 Å². The summed E-state index contributed by atoms with van der Waals surface area (Å²) in [4.78, 5) is 8.56. The summed E-state index contributed by atoms with van der Waals surface area (Å²) >= 11 is 3.38. The van der Waals surface area contributed by atoms with Crippen LogP contribution in [0.15, 0.2) is 34.9 Å². The maximum absolute atomic E-state index is 9.38. The second-order valence-electron chi connectivity index (χ2n) is 4.41. The van der Waals surface area contributed by atoms with Crippen molar-refractivity contribution in [2.75, 3.05) is 0 Å². The molecule has 2 aromatic rings. The number of nitrogens with zero attached hydrogens (tertiary/aromatic N) is 2. The van der Waals surface area contributed by atoms with E-state index in [0.717, 1.165) is 4.47 Å². The number of hydrogen-bond donors (Lipinski definition) is 1. The molecule has 1 aromatic heterocycles. The number of benzene rings is 1. The molecule has 19 heavy (non-hydrogen) atoms. The van der Waals surface area contributed by atoms with Crippen molar-refractivity contribution in [1.29, 1.82) is 0 Å². The van der Waals surface area contributed by atoms with Crippen molar-refractivity contribution < 1.29 is 9.84 Å². The molecule has 0 unspecified atom stereocenters. The molecule has 1 aromatic carbocycles. The van der Waals surface area contributed by atoms with Crippen LogP contribution < -0.4 is 4.74 Å². The first-order valence-corrected chi connectivity index (χ1v) is 6.79. The summed E-state index contributed by atoms with van der Waals surface area (Å²) in [6, 6.07) is 7.47. The van der Waals surface area contributed by atoms with Gasteiger partial charge in [0.2, 0.25) is 0 Å². The molecule has 0 atom stereocenters. The number of rotatable bonds is 4. The van der Waals surface area contributed by atoms with E-state index in [2.05, 4.69) is 25.9 Å². The molecule has 0 aliphatic rings. The van der Waals surface area contributed by atoms with Crippen LogP contribution in [0.3, 0.4) is 0 Å². The molecular weight excluding hydrogens is 308 g/mol. The maximum Gasteiger partial charge on any atom is 0.169 e. The van der Waals surface area contributed by atoms with E-state index in [1.165, 1.54) is 0 Å². The smallest absolute Gasteiger partial charge is 0.169 e. The van der Waals surface area contributed by atoms with Crippen LogP contribution in [-0.4, -0.2) is 15.1 Å². The van der Waals surface area contributed by atoms with Gasteiger partial charge in [0.25, 0.3) is 0 Å². The average molecular weight is 323 g/mol. The van der Waals surface area contributed by atoms with Gasteiger partial charge in [0.1, 0.15) is 17.3 Å². The Balaban J connectivity index is 2.29. The van der Waals surface area contributed by atoms with Crippen LogP contribution in [0.1, 0.15) is 31.3 Å². The number of ether oxygens (including phenoxy) is 1. The van der Waals surface area contributed by atoms with Gasteiger partial charge < -0.3 is 9.84 Å². The van der Waals surface area contributed by atoms with E-state index in [-0.39, 0.29) is 12.5 Å². The van der Waals surface area contributed by atoms with E-state index in [0.29, 0.717) is 23.0 Å². The summed E-state index contributed by atoms with van der Waals surface area (Å²) in [5.74, 6) is 2.06. The zero-order valence-electron chi connectivity index (χ0n) is 10.8. The van der Waals surface area contributed by atoms with Crippen molar-refractivity contribution in [2.24, 2.45) is 0 Å². The minimum atomic E-state index is -0.175. The normalized spacial score (nSPS) is 10.8. The highest BCUT2D eigenvalue weighted by Crippen LogP contribution is 2.26. The molecule has 0 radical (unpaired) electrons. The number of aromatic nitrogens is 2. The monoisotopic (exact) mass is 322 g/mol. The third-order valence-electron chi connectivity index (χ3n) is 2.54. The highest BCUT2D eigenvalue weighted by molar-refractivity contribution is 9.10. The average Bonchev–Trinajstić information content (AvgIpc) is 2.39. The van der Waals surface area contributed by atoms with Gasteiger partial charge in [-0.15, -0.1) is 0 Å². The highest BCUT2D eigenvalue weighted by Gasteiger charge is 2.11. The van der Waals surface area contributed by atoms with Gasteiger partial charge >= 0.3 is 0 Å². The molecule has 0 fully saturated rings. The second kappa shape index (κ2) is 6.12. The standard InChI is InChI=1S/C14H15BrN2O2/c1-9(2)14-16-7-13(12(8-18)17-14)19-11-5-3-4-10(15)6-11/h3-7,9,18H,8H2,1-2H3. The lowest BCUT2D eigenvalue weighted by Crippen LogP contribution is -2.03. The minimum absolute atomic E-state index is 0.175. The molecule has 2 rings (SSSR count). The molecule has 0 amide bonds. The zero-order chi connectivity index (χ0) is 13.8. The van der Waals surface area contributed by atoms with Crippen LogP contribution in [0.5, 0.6) is 11.5 Å². The van der Waals surface area contributed by atoms with Crippen LogP contribution in [0, 0.1) is 0 Å². The van der Waals surface area contributed by atoms with Gasteiger partial charge in [-0.05, 0) is 18.2 Å². The molecule has 4 nitrogen and oxygen atoms in total. The van der Waals surface area contributed by atoms with E-state index in [4.69, 9.17) is 4.74 Å². The predicted molar refractivity (Wildman–Crippen MR) is 76.3 cm³/mol. The molecule has 0 saturated heterocycles. The highest BCUT2D eigenvalue weighted by atomic mass is 79.9. The Morgan fingerprint density at radius 1 is 1.37 bits per heavy atom. The lowest BCUT2D eigenvalue weighted by Gasteiger charge is -2.11. The summed E-state index contributed by atoms with van der Waals surface area (Å²) in [7, 11) is 0. The summed E-state index contributed by atoms with van der Waals surface area (Å²) in [6.07, 6.45) is 1.61. The number of hydrogen-bond acceptors (Lipinski definition) is 4. The largest absolute Gasteiger partial charge is 0.454 e. The molecule has 100 valence electrons. The molecule has 0 aliphatic carbocycles. The van der Waals surface area contributed by atoms with Crippen molar-refractivity contribution in [1.82, 2.24) is 9.97 Å².